The van der Waals surface area contributed by atoms with E-state index in [2.05, 4.69) is 152 Å². The summed E-state index contributed by atoms with van der Waals surface area (Å²) in [5.41, 5.74) is 13.7. The maximum Gasteiger partial charge on any atom is 0.172 e. The standard InChI is InChI=1S/C49H35OP/c50-51(40-24-14-5-15-25-40)47-31-37(35-18-8-2-9-19-35)27-29-42(47)44-32-46-43(33-48(44)51)41-28-26-36(34-16-6-1-7-17-34)30-45(41)49(46,38-20-10-3-11-21-38)39-22-12-4-13-23-39/h1-3,5-12,14-33H,4,13H2. The Bertz CT molecular complexity index is 2580. The summed E-state index contributed by atoms with van der Waals surface area (Å²) in [5.74, 6) is 0. The van der Waals surface area contributed by atoms with Crippen LogP contribution < -0.4 is 15.9 Å². The van der Waals surface area contributed by atoms with Crippen LogP contribution in [-0.2, 0) is 9.98 Å². The lowest BCUT2D eigenvalue weighted by molar-refractivity contribution is 0.593. The van der Waals surface area contributed by atoms with Crippen molar-refractivity contribution < 1.29 is 4.57 Å². The van der Waals surface area contributed by atoms with Gasteiger partial charge in [0.05, 0.1) is 5.41 Å². The number of hydrogen-bond donors (Lipinski definition) is 0. The van der Waals surface area contributed by atoms with Crippen molar-refractivity contribution in [2.75, 3.05) is 0 Å². The third-order valence-corrected chi connectivity index (χ3v) is 14.3. The van der Waals surface area contributed by atoms with Gasteiger partial charge in [-0.1, -0.05) is 164 Å². The van der Waals surface area contributed by atoms with Crippen molar-refractivity contribution in [1.82, 2.24) is 0 Å². The zero-order valence-electron chi connectivity index (χ0n) is 28.2. The third kappa shape index (κ3) is 4.38. The van der Waals surface area contributed by atoms with Crippen molar-refractivity contribution in [1.29, 1.82) is 0 Å². The average molecular weight is 671 g/mol. The van der Waals surface area contributed by atoms with E-state index in [0.29, 0.717) is 0 Å². The number of fused-ring (bicyclic) bond motifs is 6. The Morgan fingerprint density at radius 1 is 0.451 bits per heavy atom. The predicted octanol–water partition coefficient (Wildman–Crippen LogP) is 11.2. The van der Waals surface area contributed by atoms with Crippen LogP contribution in [0, 0.1) is 0 Å². The molecule has 2 unspecified atom stereocenters. The molecule has 7 aromatic rings. The molecule has 51 heavy (non-hydrogen) atoms. The third-order valence-electron chi connectivity index (χ3n) is 11.2. The molecule has 0 fully saturated rings. The molecule has 0 aromatic heterocycles. The lowest BCUT2D eigenvalue weighted by Gasteiger charge is -2.36. The minimum atomic E-state index is -3.23. The Morgan fingerprint density at radius 2 is 1.02 bits per heavy atom. The monoisotopic (exact) mass is 670 g/mol. The molecule has 0 saturated heterocycles. The molecule has 1 aliphatic heterocycles. The Hall–Kier alpha value is -5.75. The van der Waals surface area contributed by atoms with Crippen LogP contribution in [-0.4, -0.2) is 0 Å². The fourth-order valence-electron chi connectivity index (χ4n) is 8.89. The maximum atomic E-state index is 16.1. The maximum absolute atomic E-state index is 16.1. The van der Waals surface area contributed by atoms with E-state index in [1.54, 1.807) is 0 Å². The Morgan fingerprint density at radius 3 is 1.67 bits per heavy atom. The van der Waals surface area contributed by atoms with Crippen LogP contribution >= 0.6 is 7.14 Å². The molecule has 2 atom stereocenters. The van der Waals surface area contributed by atoms with Crippen molar-refractivity contribution in [2.45, 2.75) is 18.3 Å². The largest absolute Gasteiger partial charge is 0.309 e. The molecule has 1 nitrogen and oxygen atoms in total. The van der Waals surface area contributed by atoms with Gasteiger partial charge < -0.3 is 4.57 Å². The van der Waals surface area contributed by atoms with E-state index in [-0.39, 0.29) is 0 Å². The molecule has 0 radical (unpaired) electrons. The number of rotatable bonds is 5. The SMILES string of the molecule is O=P1(c2ccccc2)c2cc(-c3ccccc3)ccc2-c2cc3c(cc21)-c1ccc(-c2ccccc2)cc1C3(C1=CCCC=C1)c1ccccc1. The molecular weight excluding hydrogens is 636 g/mol. The Balaban J connectivity index is 1.30. The fraction of sp³-hybridized carbons (Fsp3) is 0.0612. The first kappa shape index (κ1) is 30.1. The molecule has 0 amide bonds. The predicted molar refractivity (Wildman–Crippen MR) is 214 cm³/mol. The summed E-state index contributed by atoms with van der Waals surface area (Å²) in [6.45, 7) is 0. The van der Waals surface area contributed by atoms with Gasteiger partial charge in [-0.2, -0.15) is 0 Å². The molecular formula is C49H35OP. The lowest BCUT2D eigenvalue weighted by Crippen LogP contribution is -2.30. The van der Waals surface area contributed by atoms with Gasteiger partial charge in [0, 0.05) is 15.9 Å². The van der Waals surface area contributed by atoms with Gasteiger partial charge in [-0.15, -0.1) is 0 Å². The molecule has 10 rings (SSSR count). The van der Waals surface area contributed by atoms with Gasteiger partial charge >= 0.3 is 0 Å². The van der Waals surface area contributed by atoms with E-state index in [1.165, 1.54) is 44.5 Å². The van der Waals surface area contributed by atoms with E-state index in [0.717, 1.165) is 51.0 Å². The van der Waals surface area contributed by atoms with Crippen molar-refractivity contribution in [3.05, 3.63) is 210 Å². The first-order valence-corrected chi connectivity index (χ1v) is 19.6. The van der Waals surface area contributed by atoms with Crippen LogP contribution in [0.2, 0.25) is 0 Å². The summed E-state index contributed by atoms with van der Waals surface area (Å²) in [6, 6.07) is 60.6. The summed E-state index contributed by atoms with van der Waals surface area (Å²) in [6.07, 6.45) is 9.18. The average Bonchev–Trinajstić information content (AvgIpc) is 3.64. The van der Waals surface area contributed by atoms with E-state index >= 15 is 4.57 Å². The zero-order valence-corrected chi connectivity index (χ0v) is 29.1. The smallest absolute Gasteiger partial charge is 0.172 e. The Kier molecular flexibility index (Phi) is 6.88. The van der Waals surface area contributed by atoms with Gasteiger partial charge in [-0.3, -0.25) is 0 Å². The quantitative estimate of drug-likeness (QED) is 0.167. The van der Waals surface area contributed by atoms with Crippen LogP contribution in [0.5, 0.6) is 0 Å². The summed E-state index contributed by atoms with van der Waals surface area (Å²) in [7, 11) is -3.23. The first-order chi connectivity index (χ1) is 25.2. The topological polar surface area (TPSA) is 17.1 Å². The second kappa shape index (κ2) is 11.7. The Labute approximate surface area is 299 Å². The molecule has 0 bridgehead atoms. The summed E-state index contributed by atoms with van der Waals surface area (Å²) in [5, 5.41) is 2.73. The van der Waals surface area contributed by atoms with Crippen molar-refractivity contribution >= 4 is 23.1 Å². The van der Waals surface area contributed by atoms with Gasteiger partial charge in [0.2, 0.25) is 0 Å². The van der Waals surface area contributed by atoms with Crippen molar-refractivity contribution in [2.24, 2.45) is 0 Å². The van der Waals surface area contributed by atoms with E-state index < -0.39 is 12.6 Å². The minimum absolute atomic E-state index is 0.536. The lowest BCUT2D eigenvalue weighted by atomic mass is 9.65. The van der Waals surface area contributed by atoms with Gasteiger partial charge in [0.1, 0.15) is 0 Å². The van der Waals surface area contributed by atoms with Gasteiger partial charge in [0.15, 0.2) is 7.14 Å². The highest BCUT2D eigenvalue weighted by Crippen LogP contribution is 2.61. The molecule has 7 aromatic carbocycles. The van der Waals surface area contributed by atoms with Crippen LogP contribution in [0.3, 0.4) is 0 Å². The first-order valence-electron chi connectivity index (χ1n) is 17.9. The van der Waals surface area contributed by atoms with E-state index in [1.807, 2.05) is 36.4 Å². The van der Waals surface area contributed by atoms with Gasteiger partial charge in [0.25, 0.3) is 0 Å². The number of hydrogen-bond acceptors (Lipinski definition) is 1. The highest BCUT2D eigenvalue weighted by molar-refractivity contribution is 7.86. The van der Waals surface area contributed by atoms with Crippen molar-refractivity contribution in [3.8, 4) is 44.5 Å². The molecule has 0 spiro atoms. The zero-order chi connectivity index (χ0) is 34.0. The van der Waals surface area contributed by atoms with Crippen molar-refractivity contribution in [3.63, 3.8) is 0 Å². The minimum Gasteiger partial charge on any atom is -0.309 e. The second-order valence-electron chi connectivity index (χ2n) is 13.8. The van der Waals surface area contributed by atoms with E-state index in [4.69, 9.17) is 0 Å². The fourth-order valence-corrected chi connectivity index (χ4v) is 12.0. The molecule has 0 N–H and O–H groups in total. The van der Waals surface area contributed by atoms with Crippen LogP contribution in [0.4, 0.5) is 0 Å². The molecule has 0 saturated carbocycles. The molecule has 3 aliphatic rings. The number of allylic oxidation sites excluding steroid dienone is 4. The van der Waals surface area contributed by atoms with Crippen LogP contribution in [0.1, 0.15) is 29.5 Å². The summed E-state index contributed by atoms with van der Waals surface area (Å²) < 4.78 is 16.1. The van der Waals surface area contributed by atoms with E-state index in [9.17, 15) is 0 Å². The summed E-state index contributed by atoms with van der Waals surface area (Å²) in [4.78, 5) is 0. The number of benzene rings is 7. The highest BCUT2D eigenvalue weighted by Gasteiger charge is 2.50. The van der Waals surface area contributed by atoms with Crippen LogP contribution in [0.15, 0.2) is 194 Å². The molecule has 2 heteroatoms. The molecule has 242 valence electrons. The van der Waals surface area contributed by atoms with Gasteiger partial charge in [-0.05, 0) is 104 Å². The molecule has 2 aliphatic carbocycles. The highest BCUT2D eigenvalue weighted by atomic mass is 31.2. The van der Waals surface area contributed by atoms with Gasteiger partial charge in [-0.25, -0.2) is 0 Å². The molecule has 1 heterocycles. The normalized spacial score (nSPS) is 19.5. The summed E-state index contributed by atoms with van der Waals surface area (Å²) >= 11 is 0. The second-order valence-corrected chi connectivity index (χ2v) is 16.5. The van der Waals surface area contributed by atoms with Crippen LogP contribution in [0.25, 0.3) is 44.5 Å².